The minimum Gasteiger partial charge on any atom is -0.511 e. The van der Waals surface area contributed by atoms with Crippen LogP contribution in [0.25, 0.3) is 0 Å². The first-order valence-corrected chi connectivity index (χ1v) is 32.9. The lowest BCUT2D eigenvalue weighted by atomic mass is 9.86. The molecule has 10 heterocycles. The van der Waals surface area contributed by atoms with Gasteiger partial charge in [0.25, 0.3) is 0 Å². The van der Waals surface area contributed by atoms with E-state index in [9.17, 15) is 19.8 Å². The summed E-state index contributed by atoms with van der Waals surface area (Å²) in [6, 6.07) is 0. The Morgan fingerprint density at radius 3 is 1.33 bits per heavy atom. The largest absolute Gasteiger partial charge is 0.511 e. The van der Waals surface area contributed by atoms with Gasteiger partial charge >= 0.3 is 0 Å². The predicted molar refractivity (Wildman–Crippen MR) is 354 cm³/mol. The molecule has 0 spiro atoms. The molecule has 10 aliphatic heterocycles. The minimum absolute atomic E-state index is 0.00754. The Kier molecular flexibility index (Phi) is 16.0. The monoisotopic (exact) mass is 1180 g/mol. The minimum atomic E-state index is -0.0307. The van der Waals surface area contributed by atoms with E-state index in [1.165, 1.54) is 0 Å². The average molecular weight is 1190 g/mol. The van der Waals surface area contributed by atoms with Crippen LogP contribution in [0.15, 0.2) is 238 Å². The van der Waals surface area contributed by atoms with Crippen molar-refractivity contribution >= 4 is 67.7 Å². The van der Waals surface area contributed by atoms with Crippen LogP contribution in [0.3, 0.4) is 0 Å². The van der Waals surface area contributed by atoms with Gasteiger partial charge in [-0.2, -0.15) is 0 Å². The summed E-state index contributed by atoms with van der Waals surface area (Å²) in [4.78, 5) is 58.2. The van der Waals surface area contributed by atoms with E-state index in [1.807, 2.05) is 26.0 Å². The van der Waals surface area contributed by atoms with Crippen LogP contribution in [0.2, 0.25) is 0 Å². The fourth-order valence-electron chi connectivity index (χ4n) is 14.1. The molecule has 12 aliphatic rings. The highest BCUT2D eigenvalue weighted by Gasteiger charge is 2.44. The number of carbonyl (C=O) groups excluding carboxylic acids is 2. The second-order valence-corrected chi connectivity index (χ2v) is 26.6. The van der Waals surface area contributed by atoms with Crippen molar-refractivity contribution in [2.24, 2.45) is 53.6 Å². The van der Waals surface area contributed by atoms with Crippen molar-refractivity contribution < 1.29 is 19.8 Å². The van der Waals surface area contributed by atoms with Crippen LogP contribution in [0, 0.1) is 23.7 Å². The topological polar surface area (TPSA) is 197 Å². The first-order chi connectivity index (χ1) is 41.4. The highest BCUT2D eigenvalue weighted by atomic mass is 33.1. The molecule has 0 unspecified atom stereocenters. The van der Waals surface area contributed by atoms with Gasteiger partial charge in [-0.3, -0.25) is 9.59 Å². The highest BCUT2D eigenvalue weighted by molar-refractivity contribution is 8.76. The quantitative estimate of drug-likeness (QED) is 0.0611. The van der Waals surface area contributed by atoms with Gasteiger partial charge < -0.3 is 31.5 Å². The fourth-order valence-corrected chi connectivity index (χ4v) is 15.9. The van der Waals surface area contributed by atoms with Crippen molar-refractivity contribution in [1.82, 2.24) is 21.3 Å². The average Bonchev–Trinajstić information content (AvgIpc) is 1.80. The molecule has 0 aromatic rings. The van der Waals surface area contributed by atoms with Crippen LogP contribution in [0.1, 0.15) is 121 Å². The Labute approximate surface area is 513 Å². The van der Waals surface area contributed by atoms with Gasteiger partial charge in [-0.1, -0.05) is 74.6 Å². The van der Waals surface area contributed by atoms with Crippen LogP contribution < -0.4 is 21.3 Å². The first kappa shape index (κ1) is 58.6. The number of rotatable bonds is 17. The molecule has 14 nitrogen and oxygen atoms in total. The molecule has 16 bridgehead atoms. The number of hydrogen-bond donors (Lipinski definition) is 6. The van der Waals surface area contributed by atoms with E-state index in [0.29, 0.717) is 63.1 Å². The van der Waals surface area contributed by atoms with Crippen LogP contribution in [-0.4, -0.2) is 80.9 Å². The van der Waals surface area contributed by atoms with Crippen molar-refractivity contribution in [3.8, 4) is 0 Å². The maximum absolute atomic E-state index is 13.6. The van der Waals surface area contributed by atoms with Gasteiger partial charge in [0, 0.05) is 130 Å². The number of aliphatic imine (C=N–C) groups is 6. The van der Waals surface area contributed by atoms with Gasteiger partial charge in [0.15, 0.2) is 0 Å². The molecule has 86 heavy (non-hydrogen) atoms. The molecule has 0 aromatic carbocycles. The maximum atomic E-state index is 13.6. The lowest BCUT2D eigenvalue weighted by Crippen LogP contribution is -2.27. The zero-order valence-corrected chi connectivity index (χ0v) is 52.7. The Hall–Kier alpha value is -7.82. The summed E-state index contributed by atoms with van der Waals surface area (Å²) in [5.74, 6) is 2.04. The van der Waals surface area contributed by atoms with E-state index in [4.69, 9.17) is 30.0 Å². The molecule has 0 aromatic heterocycles. The molecule has 0 saturated carbocycles. The van der Waals surface area contributed by atoms with Crippen molar-refractivity contribution in [3.05, 3.63) is 208 Å². The van der Waals surface area contributed by atoms with Crippen LogP contribution in [0.5, 0.6) is 0 Å². The molecule has 2 amide bonds. The number of fused-ring (bicyclic) bond motifs is 10. The lowest BCUT2D eigenvalue weighted by molar-refractivity contribution is -0.122. The standard InChI is InChI=1S/C70H76N10O4S2/c1-13-41-33(5)49-27-53-37(9)45(67(77-53)47-25-61(81)65-39(11)55(79-69(47)65)31-59-43(15-3)35(7)51(75-59)29-57(41)73-49)17-19-63(83)71-21-23-85-86-24-22-72-64(84)20-18-46-38(10)54-28-50-34(6)42(14-2)58(74-50)30-52-36(8)44(16-4)60(76-52)32-56-40(12)66-62(82)26-48(68(46)78-54)70(66)80-56/h13-14,27-32,37-38,45-46,77-78,81-82H,1-2,15-26H2,3-12H3,(H,71,83)(H,72,84)/t37-,38-,45-,46-/m0/s1. The number of amides is 2. The number of nitrogens with one attached hydrogen (secondary N) is 4. The van der Waals surface area contributed by atoms with Crippen molar-refractivity contribution in [3.63, 3.8) is 0 Å². The van der Waals surface area contributed by atoms with E-state index in [1.54, 1.807) is 21.6 Å². The SMILES string of the molecule is C=CC1=C(C)C2=NC1=CC1=NC(=CC3=C(C)C4=C(O)CC(=C5NC(=C2)[C@@H](C)[C@@H]5CCC(=O)NCCSSCCNC(=O)CC[C@@H]2C5=C6CC(O)=C7C6=NC(=C7C)C=C6N=C(C=C7N=C(C=C(N5)[C@H]2C)C(C)=C7C=C)C(C)=C6CC)C4=N3)C(CC)=C1C. The predicted octanol–water partition coefficient (Wildman–Crippen LogP) is 13.9. The number of aliphatic hydroxyl groups is 2. The van der Waals surface area contributed by atoms with Crippen LogP contribution in [0.4, 0.5) is 0 Å². The van der Waals surface area contributed by atoms with Gasteiger partial charge in [-0.25, -0.2) is 30.0 Å². The first-order valence-electron chi connectivity index (χ1n) is 30.4. The Morgan fingerprint density at radius 2 is 0.942 bits per heavy atom. The van der Waals surface area contributed by atoms with Crippen LogP contribution in [-0.2, 0) is 9.59 Å². The fraction of sp³-hybridized carbons (Fsp3) is 0.371. The molecule has 6 N–H and O–H groups in total. The summed E-state index contributed by atoms with van der Waals surface area (Å²) in [7, 11) is 3.36. The summed E-state index contributed by atoms with van der Waals surface area (Å²) in [5, 5.41) is 37.0. The smallest absolute Gasteiger partial charge is 0.220 e. The molecule has 4 atom stereocenters. The lowest BCUT2D eigenvalue weighted by Gasteiger charge is -2.18. The van der Waals surface area contributed by atoms with Gasteiger partial charge in [0.1, 0.15) is 11.5 Å². The number of nitrogens with zero attached hydrogens (tertiary/aromatic N) is 6. The van der Waals surface area contributed by atoms with E-state index >= 15 is 0 Å². The molecule has 2 saturated heterocycles. The summed E-state index contributed by atoms with van der Waals surface area (Å²) >= 11 is 0. The summed E-state index contributed by atoms with van der Waals surface area (Å²) in [6.07, 6.45) is 20.5. The van der Waals surface area contributed by atoms with E-state index in [0.717, 1.165) is 194 Å². The molecule has 442 valence electrons. The third-order valence-electron chi connectivity index (χ3n) is 19.1. The molecule has 2 fully saturated rings. The van der Waals surface area contributed by atoms with E-state index in [-0.39, 0.29) is 35.5 Å². The van der Waals surface area contributed by atoms with Crippen molar-refractivity contribution in [1.29, 1.82) is 0 Å². The highest BCUT2D eigenvalue weighted by Crippen LogP contribution is 2.49. The Balaban J connectivity index is 0.663. The second kappa shape index (κ2) is 23.5. The molecule has 2 aliphatic carbocycles. The normalized spacial score (nSPS) is 24.5. The molecule has 16 heteroatoms. The molecule has 12 rings (SSSR count). The van der Waals surface area contributed by atoms with Gasteiger partial charge in [-0.15, -0.1) is 0 Å². The summed E-state index contributed by atoms with van der Waals surface area (Å²) in [5.41, 5.74) is 28.0. The second-order valence-electron chi connectivity index (χ2n) is 23.9. The number of hydrogen-bond acceptors (Lipinski definition) is 14. The van der Waals surface area contributed by atoms with Crippen molar-refractivity contribution in [2.75, 3.05) is 24.6 Å². The number of allylic oxidation sites excluding steroid dienone is 24. The van der Waals surface area contributed by atoms with Gasteiger partial charge in [-0.05, 0) is 148 Å². The molecular formula is C70H76N10O4S2. The maximum Gasteiger partial charge on any atom is 0.220 e. The van der Waals surface area contributed by atoms with E-state index < -0.39 is 0 Å². The number of carbonyl (C=O) groups is 2. The zero-order valence-electron chi connectivity index (χ0n) is 51.0. The van der Waals surface area contributed by atoms with Crippen LogP contribution >= 0.6 is 21.6 Å². The third-order valence-corrected chi connectivity index (χ3v) is 21.5. The van der Waals surface area contributed by atoms with Gasteiger partial charge in [0.05, 0.1) is 68.5 Å². The summed E-state index contributed by atoms with van der Waals surface area (Å²) in [6.45, 7) is 30.5. The van der Waals surface area contributed by atoms with Gasteiger partial charge in [0.2, 0.25) is 11.8 Å². The Bertz CT molecular complexity index is 3720. The molecular weight excluding hydrogens is 1110 g/mol. The van der Waals surface area contributed by atoms with E-state index in [2.05, 4.69) is 126 Å². The van der Waals surface area contributed by atoms with Crippen molar-refractivity contribution in [2.45, 2.75) is 121 Å². The third kappa shape index (κ3) is 10.2. The Morgan fingerprint density at radius 1 is 0.558 bits per heavy atom. The zero-order chi connectivity index (χ0) is 60.6. The molecule has 0 radical (unpaired) electrons. The summed E-state index contributed by atoms with van der Waals surface area (Å²) < 4.78 is 0. The number of aliphatic hydroxyl groups excluding tert-OH is 2.